The molecule has 23 heavy (non-hydrogen) atoms. The molecular formula is C20H25BO2. The predicted molar refractivity (Wildman–Crippen MR) is 98.6 cm³/mol. The molecule has 0 bridgehead atoms. The smallest absolute Gasteiger partial charge is 0.423 e. The Hall–Kier alpha value is -1.84. The van der Waals surface area contributed by atoms with Gasteiger partial charge in [0.15, 0.2) is 0 Å². The quantitative estimate of drug-likeness (QED) is 0.426. The van der Waals surface area contributed by atoms with Gasteiger partial charge in [0.1, 0.15) is 0 Å². The summed E-state index contributed by atoms with van der Waals surface area (Å²) in [5, 5.41) is 20.0. The summed E-state index contributed by atoms with van der Waals surface area (Å²) < 4.78 is 0. The monoisotopic (exact) mass is 308 g/mol. The van der Waals surface area contributed by atoms with Crippen LogP contribution in [0.5, 0.6) is 0 Å². The Morgan fingerprint density at radius 1 is 0.783 bits per heavy atom. The molecule has 0 amide bonds. The highest BCUT2D eigenvalue weighted by atomic mass is 16.4. The number of unbranched alkanes of at least 4 members (excludes halogenated alkanes) is 3. The van der Waals surface area contributed by atoms with Gasteiger partial charge >= 0.3 is 7.12 Å². The summed E-state index contributed by atoms with van der Waals surface area (Å²) in [6, 6.07) is 19.7. The van der Waals surface area contributed by atoms with Crippen LogP contribution in [0.25, 0.3) is 11.0 Å². The molecule has 0 heterocycles. The van der Waals surface area contributed by atoms with Crippen LogP contribution in [0.1, 0.15) is 50.2 Å². The van der Waals surface area contributed by atoms with E-state index in [2.05, 4.69) is 6.92 Å². The zero-order valence-corrected chi connectivity index (χ0v) is 13.8. The highest BCUT2D eigenvalue weighted by molar-refractivity contribution is 6.68. The number of rotatable bonds is 8. The summed E-state index contributed by atoms with van der Waals surface area (Å²) in [4.78, 5) is 0. The first kappa shape index (κ1) is 17.5. The molecule has 2 aromatic rings. The maximum atomic E-state index is 10.00. The van der Waals surface area contributed by atoms with Crippen LogP contribution < -0.4 is 0 Å². The van der Waals surface area contributed by atoms with Gasteiger partial charge in [-0.25, -0.2) is 0 Å². The Bertz CT molecular complexity index is 606. The van der Waals surface area contributed by atoms with Crippen molar-refractivity contribution in [1.29, 1.82) is 0 Å². The second-order valence-corrected chi connectivity index (χ2v) is 5.81. The summed E-state index contributed by atoms with van der Waals surface area (Å²) in [5.41, 5.74) is 3.59. The van der Waals surface area contributed by atoms with E-state index < -0.39 is 7.12 Å². The van der Waals surface area contributed by atoms with Gasteiger partial charge in [-0.3, -0.25) is 0 Å². The zero-order chi connectivity index (χ0) is 16.5. The maximum absolute atomic E-state index is 10.00. The lowest BCUT2D eigenvalue weighted by atomic mass is 9.70. The summed E-state index contributed by atoms with van der Waals surface area (Å²) >= 11 is 0. The van der Waals surface area contributed by atoms with Crippen LogP contribution in [0.4, 0.5) is 0 Å². The molecule has 0 radical (unpaired) electrons. The first-order valence-corrected chi connectivity index (χ1v) is 8.44. The molecule has 2 aromatic carbocycles. The first-order valence-electron chi connectivity index (χ1n) is 8.44. The third-order valence-corrected chi connectivity index (χ3v) is 4.07. The molecule has 2 rings (SSSR count). The van der Waals surface area contributed by atoms with Gasteiger partial charge in [-0.2, -0.15) is 0 Å². The van der Waals surface area contributed by atoms with E-state index in [4.69, 9.17) is 0 Å². The number of benzene rings is 2. The SMILES string of the molecule is CCCCCC/C(=C(/B(O)O)c1ccccc1)c1ccccc1. The van der Waals surface area contributed by atoms with Crippen LogP contribution in [-0.2, 0) is 0 Å². The minimum atomic E-state index is -1.47. The van der Waals surface area contributed by atoms with Crippen molar-refractivity contribution in [2.45, 2.75) is 39.0 Å². The van der Waals surface area contributed by atoms with Gasteiger partial charge in [0, 0.05) is 0 Å². The van der Waals surface area contributed by atoms with E-state index in [0.29, 0.717) is 5.47 Å². The summed E-state index contributed by atoms with van der Waals surface area (Å²) in [6.07, 6.45) is 5.48. The first-order chi connectivity index (χ1) is 11.2. The van der Waals surface area contributed by atoms with Crippen LogP contribution in [0.2, 0.25) is 0 Å². The largest absolute Gasteiger partial charge is 0.489 e. The third kappa shape index (κ3) is 5.09. The van der Waals surface area contributed by atoms with Crippen molar-refractivity contribution in [2.75, 3.05) is 0 Å². The van der Waals surface area contributed by atoms with Crippen LogP contribution in [0, 0.1) is 0 Å². The summed E-state index contributed by atoms with van der Waals surface area (Å²) in [5.74, 6) is 0. The molecule has 2 N–H and O–H groups in total. The lowest BCUT2D eigenvalue weighted by Gasteiger charge is -2.16. The lowest BCUT2D eigenvalue weighted by Crippen LogP contribution is -2.16. The van der Waals surface area contributed by atoms with Gasteiger partial charge in [0.05, 0.1) is 0 Å². The average molecular weight is 308 g/mol. The van der Waals surface area contributed by atoms with Crippen molar-refractivity contribution in [2.24, 2.45) is 0 Å². The number of hydrogen-bond acceptors (Lipinski definition) is 2. The van der Waals surface area contributed by atoms with E-state index in [0.717, 1.165) is 36.0 Å². The van der Waals surface area contributed by atoms with Gasteiger partial charge in [0.25, 0.3) is 0 Å². The molecule has 0 saturated heterocycles. The molecular weight excluding hydrogens is 283 g/mol. The van der Waals surface area contributed by atoms with Crippen molar-refractivity contribution in [3.63, 3.8) is 0 Å². The molecule has 3 heteroatoms. The maximum Gasteiger partial charge on any atom is 0.489 e. The van der Waals surface area contributed by atoms with E-state index in [1.165, 1.54) is 12.8 Å². The van der Waals surface area contributed by atoms with Crippen LogP contribution in [-0.4, -0.2) is 17.2 Å². The van der Waals surface area contributed by atoms with Gasteiger partial charge in [-0.15, -0.1) is 0 Å². The molecule has 0 spiro atoms. The minimum Gasteiger partial charge on any atom is -0.423 e. The molecule has 120 valence electrons. The Morgan fingerprint density at radius 3 is 1.87 bits per heavy atom. The van der Waals surface area contributed by atoms with Gasteiger partial charge in [-0.1, -0.05) is 86.8 Å². The molecule has 0 saturated carbocycles. The fourth-order valence-electron chi connectivity index (χ4n) is 2.90. The molecule has 0 aromatic heterocycles. The Kier molecular flexibility index (Phi) is 7.11. The lowest BCUT2D eigenvalue weighted by molar-refractivity contribution is 0.427. The second kappa shape index (κ2) is 9.34. The van der Waals surface area contributed by atoms with Crippen molar-refractivity contribution in [3.05, 3.63) is 71.8 Å². The van der Waals surface area contributed by atoms with E-state index >= 15 is 0 Å². The highest BCUT2D eigenvalue weighted by Crippen LogP contribution is 2.31. The average Bonchev–Trinajstić information content (AvgIpc) is 2.59. The second-order valence-electron chi connectivity index (χ2n) is 5.81. The molecule has 0 atom stereocenters. The van der Waals surface area contributed by atoms with Crippen LogP contribution >= 0.6 is 0 Å². The van der Waals surface area contributed by atoms with Crippen molar-refractivity contribution in [3.8, 4) is 0 Å². The Labute approximate surface area is 139 Å². The normalized spacial score (nSPS) is 12.0. The van der Waals surface area contributed by atoms with E-state index in [9.17, 15) is 10.0 Å². The highest BCUT2D eigenvalue weighted by Gasteiger charge is 2.22. The number of allylic oxidation sites excluding steroid dienone is 1. The van der Waals surface area contributed by atoms with E-state index in [1.54, 1.807) is 0 Å². The standard InChI is InChI=1S/C20H25BO2/c1-2-3-4-11-16-19(17-12-7-5-8-13-17)20(21(22)23)18-14-9-6-10-15-18/h5-10,12-15,22-23H,2-4,11,16H2,1H3/b20-19-. The van der Waals surface area contributed by atoms with Crippen LogP contribution in [0.15, 0.2) is 60.7 Å². The minimum absolute atomic E-state index is 0.619. The van der Waals surface area contributed by atoms with Crippen molar-refractivity contribution in [1.82, 2.24) is 0 Å². The Morgan fingerprint density at radius 2 is 1.35 bits per heavy atom. The number of hydrogen-bond donors (Lipinski definition) is 2. The topological polar surface area (TPSA) is 40.5 Å². The van der Waals surface area contributed by atoms with E-state index in [-0.39, 0.29) is 0 Å². The van der Waals surface area contributed by atoms with Gasteiger partial charge in [-0.05, 0) is 35.0 Å². The molecule has 0 unspecified atom stereocenters. The fraction of sp³-hybridized carbons (Fsp3) is 0.300. The summed E-state index contributed by atoms with van der Waals surface area (Å²) in [7, 11) is -1.47. The zero-order valence-electron chi connectivity index (χ0n) is 13.8. The van der Waals surface area contributed by atoms with Crippen LogP contribution in [0.3, 0.4) is 0 Å². The summed E-state index contributed by atoms with van der Waals surface area (Å²) in [6.45, 7) is 2.20. The van der Waals surface area contributed by atoms with Crippen molar-refractivity contribution >= 4 is 18.2 Å². The van der Waals surface area contributed by atoms with Gasteiger partial charge in [0.2, 0.25) is 0 Å². The third-order valence-electron chi connectivity index (χ3n) is 4.07. The molecule has 0 aliphatic rings. The predicted octanol–water partition coefficient (Wildman–Crippen LogP) is 4.58. The molecule has 2 nitrogen and oxygen atoms in total. The van der Waals surface area contributed by atoms with Gasteiger partial charge < -0.3 is 10.0 Å². The Balaban J connectivity index is 2.42. The molecule has 0 aliphatic heterocycles. The molecule has 0 aliphatic carbocycles. The van der Waals surface area contributed by atoms with Crippen molar-refractivity contribution < 1.29 is 10.0 Å². The fourth-order valence-corrected chi connectivity index (χ4v) is 2.90. The van der Waals surface area contributed by atoms with E-state index in [1.807, 2.05) is 60.7 Å². The molecule has 0 fully saturated rings.